The summed E-state index contributed by atoms with van der Waals surface area (Å²) in [5.74, 6) is 0. The Bertz CT molecular complexity index is 690. The molecule has 0 bridgehead atoms. The summed E-state index contributed by atoms with van der Waals surface area (Å²) in [6.07, 6.45) is -53.9. The van der Waals surface area contributed by atoms with Crippen molar-refractivity contribution in [3.05, 3.63) is 0 Å². The summed E-state index contributed by atoms with van der Waals surface area (Å²) in [5.41, 5.74) is 0. The first-order valence-corrected chi connectivity index (χ1v) is 15.9. The van der Waals surface area contributed by atoms with Gasteiger partial charge in [-0.1, -0.05) is 0 Å². The zero-order valence-electron chi connectivity index (χ0n) is 18.5. The lowest BCUT2D eigenvalue weighted by molar-refractivity contribution is -0.317. The molecule has 0 amide bonds. The first-order chi connectivity index (χ1) is 16.6. The van der Waals surface area contributed by atoms with Crippen LogP contribution < -0.4 is 0 Å². The van der Waals surface area contributed by atoms with Crippen molar-refractivity contribution in [3.8, 4) is 0 Å². The molecular weight excluding hydrogens is 666 g/mol. The molecule has 1 saturated heterocycles. The van der Waals surface area contributed by atoms with E-state index in [9.17, 15) is 79.0 Å². The van der Waals surface area contributed by atoms with Crippen LogP contribution in [0.4, 0.5) is 79.0 Å². The molecule has 0 atom stereocenters. The lowest BCUT2D eigenvalue weighted by atomic mass is 10.3. The van der Waals surface area contributed by atoms with Crippen LogP contribution in [0.1, 0.15) is 0 Å². The molecule has 27 heteroatoms. The van der Waals surface area contributed by atoms with Crippen molar-refractivity contribution in [2.45, 2.75) is 75.0 Å². The van der Waals surface area contributed by atoms with E-state index >= 15 is 0 Å². The van der Waals surface area contributed by atoms with Crippen LogP contribution in [0.15, 0.2) is 0 Å². The maximum atomic E-state index is 13.0. The van der Waals surface area contributed by atoms with Gasteiger partial charge in [0.1, 0.15) is 0 Å². The van der Waals surface area contributed by atoms with Gasteiger partial charge in [-0.3, -0.25) is 0 Å². The van der Waals surface area contributed by atoms with Crippen LogP contribution in [0.3, 0.4) is 0 Å². The maximum absolute atomic E-state index is 13.0. The fraction of sp³-hybridized carbons (Fsp3) is 1.00. The van der Waals surface area contributed by atoms with E-state index in [-0.39, 0.29) is 19.6 Å². The van der Waals surface area contributed by atoms with Gasteiger partial charge in [-0.15, -0.1) is 0 Å². The zero-order chi connectivity index (χ0) is 31.5. The molecular formula is C12H12F18O6Si3. The summed E-state index contributed by atoms with van der Waals surface area (Å²) in [7, 11) is -18.7. The van der Waals surface area contributed by atoms with E-state index in [1.165, 1.54) is 0 Å². The minimum Gasteiger partial charge on any atom is -0.373 e. The average molecular weight is 678 g/mol. The number of alkyl halides is 18. The molecule has 1 aliphatic heterocycles. The highest BCUT2D eigenvalue weighted by atomic mass is 28.5. The second-order valence-corrected chi connectivity index (χ2v) is 16.0. The van der Waals surface area contributed by atoms with Crippen LogP contribution in [0.25, 0.3) is 0 Å². The molecule has 39 heavy (non-hydrogen) atoms. The van der Waals surface area contributed by atoms with Crippen LogP contribution in [-0.2, 0) is 25.6 Å². The van der Waals surface area contributed by atoms with Gasteiger partial charge in [-0.05, 0) is 0 Å². The van der Waals surface area contributed by atoms with E-state index < -0.39 is 81.8 Å². The SMILES string of the molecule is C[Si]1(OC(C(F)(F)F)C(F)(F)F)O[Si](C)(OC(C(F)(F)F)C(F)(F)F)O[Si](C)(OC(C(F)(F)F)C(F)(F)F)O1. The van der Waals surface area contributed by atoms with Crippen molar-refractivity contribution in [2.24, 2.45) is 0 Å². The minimum atomic E-state index is -6.47. The second kappa shape index (κ2) is 10.5. The van der Waals surface area contributed by atoms with E-state index in [1.807, 2.05) is 0 Å². The van der Waals surface area contributed by atoms with Gasteiger partial charge < -0.3 is 25.6 Å². The molecule has 1 heterocycles. The van der Waals surface area contributed by atoms with E-state index in [0.29, 0.717) is 0 Å². The monoisotopic (exact) mass is 678 g/mol. The molecule has 0 aromatic carbocycles. The fourth-order valence-electron chi connectivity index (χ4n) is 2.82. The van der Waals surface area contributed by atoms with Gasteiger partial charge in [0.05, 0.1) is 0 Å². The summed E-state index contributed by atoms with van der Waals surface area (Å²) in [6.45, 7) is -0.346. The predicted molar refractivity (Wildman–Crippen MR) is 89.1 cm³/mol. The van der Waals surface area contributed by atoms with Crippen LogP contribution in [0.2, 0.25) is 19.6 Å². The summed E-state index contributed by atoms with van der Waals surface area (Å²) >= 11 is 0. The van der Waals surface area contributed by atoms with Gasteiger partial charge in [0, 0.05) is 19.6 Å². The molecule has 1 fully saturated rings. The van der Waals surface area contributed by atoms with Crippen molar-refractivity contribution in [3.63, 3.8) is 0 Å². The third-order valence-electron chi connectivity index (χ3n) is 3.89. The molecule has 1 rings (SSSR count). The minimum absolute atomic E-state index is 0.115. The molecule has 0 radical (unpaired) electrons. The molecule has 0 unspecified atom stereocenters. The summed E-state index contributed by atoms with van der Waals surface area (Å²) < 4.78 is 257. The van der Waals surface area contributed by atoms with Crippen molar-refractivity contribution < 1.29 is 105 Å². The van der Waals surface area contributed by atoms with Gasteiger partial charge in [-0.25, -0.2) is 0 Å². The Kier molecular flexibility index (Phi) is 9.70. The molecule has 0 aromatic rings. The summed E-state index contributed by atoms with van der Waals surface area (Å²) in [6, 6.07) is 0. The number of hydrogen-bond acceptors (Lipinski definition) is 6. The standard InChI is InChI=1S/C12H12F18O6Si3/c1-37(31-4(7(13,14)15)8(16,17)18)34-38(2,32-5(9(19,20)21)10(22,23)24)36-39(3,35-37)33-6(11(25,26)27)12(28,29)30/h4-6H,1-3H3. The van der Waals surface area contributed by atoms with E-state index in [1.54, 1.807) is 0 Å². The van der Waals surface area contributed by atoms with E-state index in [0.717, 1.165) is 0 Å². The van der Waals surface area contributed by atoms with Gasteiger partial charge in [0.2, 0.25) is 18.3 Å². The van der Waals surface area contributed by atoms with E-state index in [4.69, 9.17) is 0 Å². The van der Waals surface area contributed by atoms with Gasteiger partial charge in [0.25, 0.3) is 0 Å². The van der Waals surface area contributed by atoms with Gasteiger partial charge in [-0.2, -0.15) is 79.0 Å². The molecule has 234 valence electrons. The Balaban J connectivity index is 3.74. The van der Waals surface area contributed by atoms with Crippen molar-refractivity contribution >= 4 is 26.4 Å². The lowest BCUT2D eigenvalue weighted by Gasteiger charge is -2.49. The third kappa shape index (κ3) is 9.88. The topological polar surface area (TPSA) is 55.4 Å². The Morgan fingerprint density at radius 2 is 0.487 bits per heavy atom. The molecule has 0 aliphatic carbocycles. The normalized spacial score (nSPS) is 28.6. The maximum Gasteiger partial charge on any atom is 0.483 e. The van der Waals surface area contributed by atoms with Crippen LogP contribution in [0, 0.1) is 0 Å². The van der Waals surface area contributed by atoms with Crippen LogP contribution in [-0.4, -0.2) is 81.8 Å². The number of hydrogen-bond donors (Lipinski definition) is 0. The molecule has 0 saturated carbocycles. The van der Waals surface area contributed by atoms with Crippen molar-refractivity contribution in [1.82, 2.24) is 0 Å². The number of rotatable bonds is 6. The smallest absolute Gasteiger partial charge is 0.373 e. The van der Waals surface area contributed by atoms with Crippen molar-refractivity contribution in [1.29, 1.82) is 0 Å². The number of halogens is 18. The fourth-order valence-corrected chi connectivity index (χ4v) is 15.8. The van der Waals surface area contributed by atoms with Crippen LogP contribution >= 0.6 is 0 Å². The largest absolute Gasteiger partial charge is 0.483 e. The Labute approximate surface area is 207 Å². The average Bonchev–Trinajstić information content (AvgIpc) is 2.56. The Morgan fingerprint density at radius 3 is 0.590 bits per heavy atom. The molecule has 6 nitrogen and oxygen atoms in total. The second-order valence-electron chi connectivity index (χ2n) is 7.64. The Hall–Kier alpha value is -0.849. The molecule has 0 N–H and O–H groups in total. The van der Waals surface area contributed by atoms with Gasteiger partial charge in [0.15, 0.2) is 0 Å². The highest BCUT2D eigenvalue weighted by molar-refractivity contribution is 6.87. The van der Waals surface area contributed by atoms with E-state index in [2.05, 4.69) is 25.6 Å². The quantitative estimate of drug-likeness (QED) is 0.244. The highest BCUT2D eigenvalue weighted by Gasteiger charge is 2.72. The van der Waals surface area contributed by atoms with Crippen LogP contribution in [0.5, 0.6) is 0 Å². The predicted octanol–water partition coefficient (Wildman–Crippen LogP) is 6.29. The molecule has 0 aromatic heterocycles. The first-order valence-electron chi connectivity index (χ1n) is 9.18. The van der Waals surface area contributed by atoms with Gasteiger partial charge >= 0.3 is 63.5 Å². The molecule has 1 aliphatic rings. The third-order valence-corrected chi connectivity index (χ3v) is 14.8. The Morgan fingerprint density at radius 1 is 0.359 bits per heavy atom. The summed E-state index contributed by atoms with van der Waals surface area (Å²) in [4.78, 5) is 0. The highest BCUT2D eigenvalue weighted by Crippen LogP contribution is 2.46. The summed E-state index contributed by atoms with van der Waals surface area (Å²) in [5, 5.41) is 0. The van der Waals surface area contributed by atoms with Crippen molar-refractivity contribution in [2.75, 3.05) is 0 Å². The zero-order valence-corrected chi connectivity index (χ0v) is 21.5. The first kappa shape index (κ1) is 36.2. The molecule has 0 spiro atoms. The lowest BCUT2D eigenvalue weighted by Crippen LogP contribution is -2.74.